The lowest BCUT2D eigenvalue weighted by Crippen LogP contribution is -2.24. The molecule has 0 bridgehead atoms. The first-order valence-corrected chi connectivity index (χ1v) is 8.39. The van der Waals surface area contributed by atoms with Gasteiger partial charge in [0.05, 0.1) is 6.61 Å². The molecule has 2 heterocycles. The minimum absolute atomic E-state index is 0.0959. The number of carbonyl (C=O) groups excluding carboxylic acids is 1. The Balaban J connectivity index is 1.58. The van der Waals surface area contributed by atoms with Crippen molar-refractivity contribution in [3.05, 3.63) is 65.0 Å². The maximum absolute atomic E-state index is 12.2. The number of nitrogens with one attached hydrogen (secondary N) is 1. The summed E-state index contributed by atoms with van der Waals surface area (Å²) in [5.74, 6) is -0.227. The number of hydrogen-bond donors (Lipinski definition) is 2. The first-order valence-electron chi connectivity index (χ1n) is 8.39. The highest BCUT2D eigenvalue weighted by atomic mass is 16.3. The molecule has 0 atom stereocenters. The average molecular weight is 325 g/mol. The number of pyridine rings is 1. The Morgan fingerprint density at radius 2 is 1.92 bits per heavy atom. The maximum atomic E-state index is 12.2. The van der Waals surface area contributed by atoms with E-state index in [9.17, 15) is 4.79 Å². The van der Waals surface area contributed by atoms with Crippen molar-refractivity contribution in [2.75, 3.05) is 13.1 Å². The molecule has 24 heavy (non-hydrogen) atoms. The molecule has 1 fully saturated rings. The van der Waals surface area contributed by atoms with Gasteiger partial charge in [-0.15, -0.1) is 0 Å². The predicted octanol–water partition coefficient (Wildman–Crippen LogP) is 2.10. The van der Waals surface area contributed by atoms with E-state index >= 15 is 0 Å². The summed E-state index contributed by atoms with van der Waals surface area (Å²) in [6, 6.07) is 11.6. The van der Waals surface area contributed by atoms with Crippen LogP contribution < -0.4 is 5.32 Å². The van der Waals surface area contributed by atoms with Crippen molar-refractivity contribution in [3.8, 4) is 0 Å². The number of carbonyl (C=O) groups is 1. The second kappa shape index (κ2) is 8.04. The Morgan fingerprint density at radius 3 is 2.71 bits per heavy atom. The number of aromatic nitrogens is 1. The maximum Gasteiger partial charge on any atom is 0.270 e. The smallest absolute Gasteiger partial charge is 0.270 e. The number of aliphatic hydroxyl groups excluding tert-OH is 1. The van der Waals surface area contributed by atoms with Crippen molar-refractivity contribution >= 4 is 5.91 Å². The number of benzene rings is 1. The van der Waals surface area contributed by atoms with Gasteiger partial charge in [0, 0.05) is 19.3 Å². The van der Waals surface area contributed by atoms with Gasteiger partial charge in [-0.3, -0.25) is 14.7 Å². The molecular weight excluding hydrogens is 302 g/mol. The van der Waals surface area contributed by atoms with Crippen LogP contribution in [0.1, 0.15) is 40.0 Å². The lowest BCUT2D eigenvalue weighted by atomic mass is 10.1. The van der Waals surface area contributed by atoms with Crippen LogP contribution in [0.2, 0.25) is 0 Å². The van der Waals surface area contributed by atoms with Crippen LogP contribution in [0.15, 0.2) is 42.6 Å². The fourth-order valence-electron chi connectivity index (χ4n) is 3.01. The van der Waals surface area contributed by atoms with E-state index in [2.05, 4.69) is 27.3 Å². The lowest BCUT2D eigenvalue weighted by Gasteiger charge is -2.15. The number of amides is 1. The summed E-state index contributed by atoms with van der Waals surface area (Å²) in [4.78, 5) is 18.7. The molecule has 0 spiro atoms. The summed E-state index contributed by atoms with van der Waals surface area (Å²) < 4.78 is 0. The van der Waals surface area contributed by atoms with Crippen molar-refractivity contribution in [1.29, 1.82) is 0 Å². The van der Waals surface area contributed by atoms with Crippen molar-refractivity contribution in [2.45, 2.75) is 32.5 Å². The summed E-state index contributed by atoms with van der Waals surface area (Å²) in [7, 11) is 0. The highest BCUT2D eigenvalue weighted by molar-refractivity contribution is 5.92. The Morgan fingerprint density at radius 1 is 1.12 bits per heavy atom. The van der Waals surface area contributed by atoms with Crippen LogP contribution in [-0.4, -0.2) is 34.0 Å². The van der Waals surface area contributed by atoms with Crippen molar-refractivity contribution in [3.63, 3.8) is 0 Å². The van der Waals surface area contributed by atoms with Crippen LogP contribution in [-0.2, 0) is 19.7 Å². The summed E-state index contributed by atoms with van der Waals surface area (Å²) in [5, 5.41) is 12.0. The van der Waals surface area contributed by atoms with E-state index in [0.29, 0.717) is 17.8 Å². The molecule has 0 aliphatic carbocycles. The Labute approximate surface area is 142 Å². The molecule has 5 heteroatoms. The number of likely N-dealkylation sites (tertiary alicyclic amines) is 1. The fourth-order valence-corrected chi connectivity index (χ4v) is 3.01. The first-order chi connectivity index (χ1) is 11.7. The van der Waals surface area contributed by atoms with E-state index in [1.807, 2.05) is 12.1 Å². The second-order valence-corrected chi connectivity index (χ2v) is 6.19. The molecular formula is C19H23N3O2. The SMILES string of the molecule is O=C(NCc1cccc(CN2CCCC2)c1)c1cc(CO)ccn1. The van der Waals surface area contributed by atoms with Gasteiger partial charge in [0.15, 0.2) is 0 Å². The van der Waals surface area contributed by atoms with Crippen molar-refractivity contribution < 1.29 is 9.90 Å². The third-order valence-electron chi connectivity index (χ3n) is 4.29. The van der Waals surface area contributed by atoms with E-state index in [4.69, 9.17) is 5.11 Å². The normalized spacial score (nSPS) is 14.7. The second-order valence-electron chi connectivity index (χ2n) is 6.19. The topological polar surface area (TPSA) is 65.5 Å². The Hall–Kier alpha value is -2.24. The molecule has 1 aromatic heterocycles. The van der Waals surface area contributed by atoms with E-state index < -0.39 is 0 Å². The quantitative estimate of drug-likeness (QED) is 0.854. The van der Waals surface area contributed by atoms with Gasteiger partial charge < -0.3 is 10.4 Å². The molecule has 0 unspecified atom stereocenters. The standard InChI is InChI=1S/C19H23N3O2/c23-14-17-6-7-20-18(11-17)19(24)21-12-15-4-3-5-16(10-15)13-22-8-1-2-9-22/h3-7,10-11,23H,1-2,8-9,12-14H2,(H,21,24). The number of hydrogen-bond acceptors (Lipinski definition) is 4. The predicted molar refractivity (Wildman–Crippen MR) is 92.3 cm³/mol. The summed E-state index contributed by atoms with van der Waals surface area (Å²) in [6.07, 6.45) is 4.11. The molecule has 1 aromatic carbocycles. The van der Waals surface area contributed by atoms with E-state index in [-0.39, 0.29) is 12.5 Å². The molecule has 2 N–H and O–H groups in total. The van der Waals surface area contributed by atoms with E-state index in [0.717, 1.165) is 12.1 Å². The fraction of sp³-hybridized carbons (Fsp3) is 0.368. The number of nitrogens with zero attached hydrogens (tertiary/aromatic N) is 2. The molecule has 1 aliphatic rings. The van der Waals surface area contributed by atoms with Gasteiger partial charge in [-0.2, -0.15) is 0 Å². The Bertz CT molecular complexity index is 697. The molecule has 1 amide bonds. The third-order valence-corrected chi connectivity index (χ3v) is 4.29. The van der Waals surface area contributed by atoms with Gasteiger partial charge in [0.25, 0.3) is 5.91 Å². The molecule has 1 aliphatic heterocycles. The highest BCUT2D eigenvalue weighted by Gasteiger charge is 2.12. The summed E-state index contributed by atoms with van der Waals surface area (Å²) in [5.41, 5.74) is 3.37. The first kappa shape index (κ1) is 16.6. The zero-order valence-corrected chi connectivity index (χ0v) is 13.7. The van der Waals surface area contributed by atoms with Crippen LogP contribution in [0.3, 0.4) is 0 Å². The van der Waals surface area contributed by atoms with Crippen LogP contribution >= 0.6 is 0 Å². The van der Waals surface area contributed by atoms with Crippen LogP contribution in [0.5, 0.6) is 0 Å². The molecule has 0 radical (unpaired) electrons. The van der Waals surface area contributed by atoms with Gasteiger partial charge in [0.1, 0.15) is 5.69 Å². The number of rotatable bonds is 6. The monoisotopic (exact) mass is 325 g/mol. The van der Waals surface area contributed by atoms with Gasteiger partial charge in [0.2, 0.25) is 0 Å². The van der Waals surface area contributed by atoms with E-state index in [1.165, 1.54) is 37.7 Å². The number of aliphatic hydroxyl groups is 1. The van der Waals surface area contributed by atoms with Gasteiger partial charge >= 0.3 is 0 Å². The average Bonchev–Trinajstić information content (AvgIpc) is 3.13. The molecule has 1 saturated heterocycles. The van der Waals surface area contributed by atoms with Gasteiger partial charge in [-0.25, -0.2) is 0 Å². The summed E-state index contributed by atoms with van der Waals surface area (Å²) in [6.45, 7) is 3.70. The lowest BCUT2D eigenvalue weighted by molar-refractivity contribution is 0.0945. The molecule has 3 rings (SSSR count). The third kappa shape index (κ3) is 4.40. The Kier molecular flexibility index (Phi) is 5.56. The zero-order chi connectivity index (χ0) is 16.8. The van der Waals surface area contributed by atoms with Crippen molar-refractivity contribution in [1.82, 2.24) is 15.2 Å². The molecule has 2 aromatic rings. The van der Waals surface area contributed by atoms with Crippen LogP contribution in [0.4, 0.5) is 0 Å². The highest BCUT2D eigenvalue weighted by Crippen LogP contribution is 2.14. The van der Waals surface area contributed by atoms with Crippen LogP contribution in [0.25, 0.3) is 0 Å². The molecule has 0 saturated carbocycles. The van der Waals surface area contributed by atoms with Crippen LogP contribution in [0, 0.1) is 0 Å². The zero-order valence-electron chi connectivity index (χ0n) is 13.7. The van der Waals surface area contributed by atoms with Gasteiger partial charge in [-0.1, -0.05) is 24.3 Å². The van der Waals surface area contributed by atoms with E-state index in [1.54, 1.807) is 12.1 Å². The molecule has 126 valence electrons. The van der Waals surface area contributed by atoms with Gasteiger partial charge in [-0.05, 0) is 54.8 Å². The largest absolute Gasteiger partial charge is 0.392 e. The minimum atomic E-state index is -0.227. The van der Waals surface area contributed by atoms with Crippen molar-refractivity contribution in [2.24, 2.45) is 0 Å². The molecule has 5 nitrogen and oxygen atoms in total. The minimum Gasteiger partial charge on any atom is -0.392 e. The summed E-state index contributed by atoms with van der Waals surface area (Å²) >= 11 is 0.